The second kappa shape index (κ2) is 6.83. The van der Waals surface area contributed by atoms with Crippen LogP contribution >= 0.6 is 0 Å². The molecule has 2 heterocycles. The van der Waals surface area contributed by atoms with Crippen LogP contribution in [0.2, 0.25) is 0 Å². The van der Waals surface area contributed by atoms with Gasteiger partial charge in [-0.25, -0.2) is 17.2 Å². The lowest BCUT2D eigenvalue weighted by molar-refractivity contribution is 0.593. The highest BCUT2D eigenvalue weighted by molar-refractivity contribution is 7.91. The predicted molar refractivity (Wildman–Crippen MR) is 102 cm³/mol. The highest BCUT2D eigenvalue weighted by atomic mass is 32.2. The maximum atomic E-state index is 13.7. The van der Waals surface area contributed by atoms with E-state index in [1.54, 1.807) is 12.1 Å². The lowest BCUT2D eigenvalue weighted by atomic mass is 10.0. The zero-order valence-electron chi connectivity index (χ0n) is 14.9. The zero-order chi connectivity index (χ0) is 19.9. The number of sulfone groups is 1. The molecule has 0 radical (unpaired) electrons. The SMILES string of the molecule is Cc1[nH]c2ccc(F)cc2c1Cc1ccncc1S(=O)(=O)c1ccc(F)cc1. The number of nitrogens with zero attached hydrogens (tertiary/aromatic N) is 1. The lowest BCUT2D eigenvalue weighted by Crippen LogP contribution is -2.07. The van der Waals surface area contributed by atoms with Crippen LogP contribution in [0.15, 0.2) is 70.7 Å². The second-order valence-corrected chi connectivity index (χ2v) is 8.45. The summed E-state index contributed by atoms with van der Waals surface area (Å²) in [4.78, 5) is 7.20. The fourth-order valence-electron chi connectivity index (χ4n) is 3.31. The minimum absolute atomic E-state index is 0.00940. The third-order valence-electron chi connectivity index (χ3n) is 4.73. The van der Waals surface area contributed by atoms with E-state index in [1.807, 2.05) is 6.92 Å². The van der Waals surface area contributed by atoms with Crippen molar-refractivity contribution in [2.24, 2.45) is 0 Å². The summed E-state index contributed by atoms with van der Waals surface area (Å²) in [5.74, 6) is -0.872. The van der Waals surface area contributed by atoms with Crippen LogP contribution < -0.4 is 0 Å². The maximum Gasteiger partial charge on any atom is 0.208 e. The molecule has 4 rings (SSSR count). The number of hydrogen-bond donors (Lipinski definition) is 1. The number of aryl methyl sites for hydroxylation is 1. The Morgan fingerprint density at radius 3 is 2.46 bits per heavy atom. The summed E-state index contributed by atoms with van der Waals surface area (Å²) in [5, 5.41) is 0.708. The van der Waals surface area contributed by atoms with Crippen LogP contribution in [0.5, 0.6) is 0 Å². The number of fused-ring (bicyclic) bond motifs is 1. The maximum absolute atomic E-state index is 13.7. The van der Waals surface area contributed by atoms with Crippen molar-refractivity contribution in [2.75, 3.05) is 0 Å². The third-order valence-corrected chi connectivity index (χ3v) is 6.57. The summed E-state index contributed by atoms with van der Waals surface area (Å²) in [7, 11) is -3.88. The molecule has 0 unspecified atom stereocenters. The molecule has 0 bridgehead atoms. The van der Waals surface area contributed by atoms with E-state index in [-0.39, 0.29) is 22.0 Å². The van der Waals surface area contributed by atoms with E-state index in [0.29, 0.717) is 10.9 Å². The highest BCUT2D eigenvalue weighted by Gasteiger charge is 2.23. The van der Waals surface area contributed by atoms with Crippen molar-refractivity contribution in [3.05, 3.63) is 89.4 Å². The van der Waals surface area contributed by atoms with E-state index >= 15 is 0 Å². The second-order valence-electron chi connectivity index (χ2n) is 6.54. The molecular weight excluding hydrogens is 382 g/mol. The van der Waals surface area contributed by atoms with Gasteiger partial charge >= 0.3 is 0 Å². The molecule has 1 N–H and O–H groups in total. The van der Waals surface area contributed by atoms with Crippen LogP contribution in [0.25, 0.3) is 10.9 Å². The molecule has 0 saturated heterocycles. The van der Waals surface area contributed by atoms with E-state index in [4.69, 9.17) is 0 Å². The van der Waals surface area contributed by atoms with Gasteiger partial charge in [0.05, 0.1) is 9.79 Å². The third kappa shape index (κ3) is 3.18. The number of hydrogen-bond acceptors (Lipinski definition) is 3. The summed E-state index contributed by atoms with van der Waals surface area (Å²) in [6, 6.07) is 10.8. The van der Waals surface area contributed by atoms with Crippen molar-refractivity contribution < 1.29 is 17.2 Å². The van der Waals surface area contributed by atoms with Gasteiger partial charge in [-0.3, -0.25) is 4.98 Å². The molecule has 4 aromatic rings. The molecule has 7 heteroatoms. The van der Waals surface area contributed by atoms with Gasteiger partial charge in [-0.15, -0.1) is 0 Å². The number of rotatable bonds is 4. The Hall–Kier alpha value is -3.06. The first kappa shape index (κ1) is 18.3. The Labute approximate surface area is 160 Å². The first-order valence-electron chi connectivity index (χ1n) is 8.56. The van der Waals surface area contributed by atoms with Crippen LogP contribution in [-0.2, 0) is 16.3 Å². The topological polar surface area (TPSA) is 62.8 Å². The Bertz CT molecular complexity index is 1280. The van der Waals surface area contributed by atoms with Crippen LogP contribution in [0, 0.1) is 18.6 Å². The number of benzene rings is 2. The van der Waals surface area contributed by atoms with Gasteiger partial charge in [-0.1, -0.05) is 0 Å². The number of aromatic amines is 1. The Kier molecular flexibility index (Phi) is 4.47. The zero-order valence-corrected chi connectivity index (χ0v) is 15.7. The van der Waals surface area contributed by atoms with Gasteiger partial charge < -0.3 is 4.98 Å². The largest absolute Gasteiger partial charge is 0.358 e. The van der Waals surface area contributed by atoms with Gasteiger partial charge in [0.15, 0.2) is 0 Å². The Balaban J connectivity index is 1.83. The number of aromatic nitrogens is 2. The molecule has 4 nitrogen and oxygen atoms in total. The van der Waals surface area contributed by atoms with Gasteiger partial charge in [0.25, 0.3) is 0 Å². The van der Waals surface area contributed by atoms with Crippen LogP contribution in [-0.4, -0.2) is 18.4 Å². The van der Waals surface area contributed by atoms with Gasteiger partial charge in [0, 0.05) is 35.4 Å². The first-order chi connectivity index (χ1) is 13.4. The average Bonchev–Trinajstić information content (AvgIpc) is 2.97. The molecule has 2 aromatic carbocycles. The highest BCUT2D eigenvalue weighted by Crippen LogP contribution is 2.29. The minimum Gasteiger partial charge on any atom is -0.358 e. The van der Waals surface area contributed by atoms with Crippen molar-refractivity contribution >= 4 is 20.7 Å². The molecule has 0 amide bonds. The van der Waals surface area contributed by atoms with Crippen LogP contribution in [0.4, 0.5) is 8.78 Å². The van der Waals surface area contributed by atoms with E-state index in [2.05, 4.69) is 9.97 Å². The fraction of sp³-hybridized carbons (Fsp3) is 0.0952. The van der Waals surface area contributed by atoms with E-state index in [0.717, 1.165) is 28.9 Å². The fourth-order valence-corrected chi connectivity index (χ4v) is 4.74. The van der Waals surface area contributed by atoms with Crippen molar-refractivity contribution in [1.29, 1.82) is 0 Å². The van der Waals surface area contributed by atoms with Crippen LogP contribution in [0.3, 0.4) is 0 Å². The van der Waals surface area contributed by atoms with E-state index in [1.165, 1.54) is 36.7 Å². The van der Waals surface area contributed by atoms with Crippen molar-refractivity contribution in [3.8, 4) is 0 Å². The van der Waals surface area contributed by atoms with Crippen molar-refractivity contribution in [3.63, 3.8) is 0 Å². The molecule has 142 valence electrons. The molecule has 28 heavy (non-hydrogen) atoms. The molecule has 0 aliphatic carbocycles. The number of H-pyrrole nitrogens is 1. The standard InChI is InChI=1S/C21H16F2N2O2S/c1-13-18(19-11-16(23)4-7-20(19)25-13)10-14-8-9-24-12-21(14)28(26,27)17-5-2-15(22)3-6-17/h2-9,11-12,25H,10H2,1H3. The summed E-state index contributed by atoms with van der Waals surface area (Å²) in [6.45, 7) is 1.86. The minimum atomic E-state index is -3.88. The predicted octanol–water partition coefficient (Wildman–Crippen LogP) is 4.57. The van der Waals surface area contributed by atoms with Gasteiger partial charge in [-0.05, 0) is 66.6 Å². The normalized spacial score (nSPS) is 11.8. The van der Waals surface area contributed by atoms with E-state index in [9.17, 15) is 17.2 Å². The average molecular weight is 398 g/mol. The molecular formula is C21H16F2N2O2S. The molecule has 0 saturated carbocycles. The lowest BCUT2D eigenvalue weighted by Gasteiger charge is -2.11. The molecule has 0 atom stereocenters. The monoisotopic (exact) mass is 398 g/mol. The molecule has 0 fully saturated rings. The molecule has 0 aliphatic heterocycles. The summed E-state index contributed by atoms with van der Waals surface area (Å²) in [6.07, 6.45) is 3.09. The van der Waals surface area contributed by atoms with Crippen molar-refractivity contribution in [2.45, 2.75) is 23.1 Å². The first-order valence-corrected chi connectivity index (χ1v) is 10.0. The van der Waals surface area contributed by atoms with Gasteiger partial charge in [0.2, 0.25) is 9.84 Å². The number of nitrogens with one attached hydrogen (secondary N) is 1. The Morgan fingerprint density at radius 2 is 1.71 bits per heavy atom. The molecule has 0 aliphatic rings. The smallest absolute Gasteiger partial charge is 0.208 e. The molecule has 0 spiro atoms. The van der Waals surface area contributed by atoms with Crippen molar-refractivity contribution in [1.82, 2.24) is 9.97 Å². The van der Waals surface area contributed by atoms with Crippen LogP contribution in [0.1, 0.15) is 16.8 Å². The van der Waals surface area contributed by atoms with E-state index < -0.39 is 15.7 Å². The quantitative estimate of drug-likeness (QED) is 0.512. The number of halogens is 2. The number of pyridine rings is 1. The van der Waals surface area contributed by atoms with Gasteiger partial charge in [0.1, 0.15) is 11.6 Å². The van der Waals surface area contributed by atoms with Gasteiger partial charge in [-0.2, -0.15) is 0 Å². The molecule has 2 aromatic heterocycles. The summed E-state index contributed by atoms with van der Waals surface area (Å²) in [5.41, 5.74) is 2.97. The summed E-state index contributed by atoms with van der Waals surface area (Å²) >= 11 is 0. The Morgan fingerprint density at radius 1 is 1.00 bits per heavy atom. The summed E-state index contributed by atoms with van der Waals surface area (Å²) < 4.78 is 53.1.